The quantitative estimate of drug-likeness (QED) is 0.775. The third-order valence-corrected chi connectivity index (χ3v) is 3.67. The van der Waals surface area contributed by atoms with E-state index < -0.39 is 0 Å². The molecule has 0 aliphatic heterocycles. The number of rotatable bonds is 4. The molecule has 0 spiro atoms. The average molecular weight is 262 g/mol. The SMILES string of the molecule is NC(CCc1ccccc1)c1cccc2ncccc12. The Morgan fingerprint density at radius 2 is 1.75 bits per heavy atom. The molecule has 1 unspecified atom stereocenters. The molecular formula is C18H18N2. The summed E-state index contributed by atoms with van der Waals surface area (Å²) < 4.78 is 0. The molecule has 0 aliphatic rings. The highest BCUT2D eigenvalue weighted by Crippen LogP contribution is 2.24. The number of aromatic nitrogens is 1. The smallest absolute Gasteiger partial charge is 0.0705 e. The Balaban J connectivity index is 1.80. The lowest BCUT2D eigenvalue weighted by Gasteiger charge is -2.14. The first-order valence-electron chi connectivity index (χ1n) is 6.98. The van der Waals surface area contributed by atoms with Gasteiger partial charge in [-0.15, -0.1) is 0 Å². The van der Waals surface area contributed by atoms with Gasteiger partial charge in [-0.1, -0.05) is 48.5 Å². The van der Waals surface area contributed by atoms with Crippen LogP contribution in [0.4, 0.5) is 0 Å². The summed E-state index contributed by atoms with van der Waals surface area (Å²) in [6.45, 7) is 0. The molecule has 0 amide bonds. The van der Waals surface area contributed by atoms with Crippen LogP contribution in [0.2, 0.25) is 0 Å². The molecular weight excluding hydrogens is 244 g/mol. The van der Waals surface area contributed by atoms with Crippen molar-refractivity contribution in [2.45, 2.75) is 18.9 Å². The van der Waals surface area contributed by atoms with Crippen molar-refractivity contribution in [1.82, 2.24) is 4.98 Å². The number of benzene rings is 2. The van der Waals surface area contributed by atoms with Gasteiger partial charge in [0, 0.05) is 17.6 Å². The number of hydrogen-bond acceptors (Lipinski definition) is 2. The topological polar surface area (TPSA) is 38.9 Å². The molecule has 20 heavy (non-hydrogen) atoms. The van der Waals surface area contributed by atoms with Gasteiger partial charge in [0.15, 0.2) is 0 Å². The van der Waals surface area contributed by atoms with Crippen LogP contribution in [0, 0.1) is 0 Å². The normalized spacial score (nSPS) is 12.4. The first-order chi connectivity index (χ1) is 9.84. The Labute approximate surface area is 119 Å². The van der Waals surface area contributed by atoms with Crippen LogP contribution in [0.25, 0.3) is 10.9 Å². The molecule has 2 nitrogen and oxygen atoms in total. The van der Waals surface area contributed by atoms with Crippen molar-refractivity contribution in [3.05, 3.63) is 78.0 Å². The summed E-state index contributed by atoms with van der Waals surface area (Å²) >= 11 is 0. The summed E-state index contributed by atoms with van der Waals surface area (Å²) in [6.07, 6.45) is 3.76. The molecule has 3 rings (SSSR count). The molecule has 0 bridgehead atoms. The van der Waals surface area contributed by atoms with Gasteiger partial charge in [0.05, 0.1) is 5.52 Å². The molecule has 100 valence electrons. The number of fused-ring (bicyclic) bond motifs is 1. The minimum absolute atomic E-state index is 0.0445. The Morgan fingerprint density at radius 3 is 2.60 bits per heavy atom. The highest BCUT2D eigenvalue weighted by molar-refractivity contribution is 5.82. The van der Waals surface area contributed by atoms with Crippen LogP contribution in [0.1, 0.15) is 23.6 Å². The van der Waals surface area contributed by atoms with Gasteiger partial charge in [0.25, 0.3) is 0 Å². The maximum atomic E-state index is 6.38. The second kappa shape index (κ2) is 5.85. The van der Waals surface area contributed by atoms with Crippen LogP contribution >= 0.6 is 0 Å². The Kier molecular flexibility index (Phi) is 3.75. The van der Waals surface area contributed by atoms with E-state index in [9.17, 15) is 0 Å². The van der Waals surface area contributed by atoms with Crippen molar-refractivity contribution in [2.24, 2.45) is 5.73 Å². The summed E-state index contributed by atoms with van der Waals surface area (Å²) in [5.74, 6) is 0. The maximum Gasteiger partial charge on any atom is 0.0705 e. The lowest BCUT2D eigenvalue weighted by molar-refractivity contribution is 0.656. The summed E-state index contributed by atoms with van der Waals surface area (Å²) in [4.78, 5) is 4.39. The highest BCUT2D eigenvalue weighted by atomic mass is 14.7. The van der Waals surface area contributed by atoms with Crippen molar-refractivity contribution in [3.8, 4) is 0 Å². The van der Waals surface area contributed by atoms with E-state index in [1.807, 2.05) is 30.5 Å². The van der Waals surface area contributed by atoms with E-state index in [2.05, 4.69) is 41.4 Å². The number of pyridine rings is 1. The van der Waals surface area contributed by atoms with Gasteiger partial charge in [0.1, 0.15) is 0 Å². The van der Waals surface area contributed by atoms with E-state index in [1.54, 1.807) is 0 Å². The number of hydrogen-bond donors (Lipinski definition) is 1. The second-order valence-electron chi connectivity index (χ2n) is 5.05. The van der Waals surface area contributed by atoms with Gasteiger partial charge in [-0.2, -0.15) is 0 Å². The largest absolute Gasteiger partial charge is 0.324 e. The molecule has 1 heterocycles. The first-order valence-corrected chi connectivity index (χ1v) is 6.98. The van der Waals surface area contributed by atoms with E-state index in [1.165, 1.54) is 11.1 Å². The fraction of sp³-hybridized carbons (Fsp3) is 0.167. The molecule has 0 saturated carbocycles. The summed E-state index contributed by atoms with van der Waals surface area (Å²) in [6, 6.07) is 20.8. The van der Waals surface area contributed by atoms with Crippen LogP contribution in [0.3, 0.4) is 0 Å². The fourth-order valence-corrected chi connectivity index (χ4v) is 2.57. The summed E-state index contributed by atoms with van der Waals surface area (Å²) in [5.41, 5.74) is 9.92. The van der Waals surface area contributed by atoms with E-state index in [0.29, 0.717) is 0 Å². The molecule has 0 aliphatic carbocycles. The monoisotopic (exact) mass is 262 g/mol. The Bertz CT molecular complexity index is 687. The molecule has 2 aromatic carbocycles. The molecule has 0 saturated heterocycles. The fourth-order valence-electron chi connectivity index (χ4n) is 2.57. The number of aryl methyl sites for hydroxylation is 1. The van der Waals surface area contributed by atoms with Crippen molar-refractivity contribution < 1.29 is 0 Å². The molecule has 1 atom stereocenters. The standard InChI is InChI=1S/C18H18N2/c19-17(12-11-14-6-2-1-3-7-14)15-8-4-10-18-16(15)9-5-13-20-18/h1-10,13,17H,11-12,19H2. The second-order valence-corrected chi connectivity index (χ2v) is 5.05. The lowest BCUT2D eigenvalue weighted by Crippen LogP contribution is -2.12. The molecule has 0 radical (unpaired) electrons. The van der Waals surface area contributed by atoms with Gasteiger partial charge in [-0.3, -0.25) is 4.98 Å². The van der Waals surface area contributed by atoms with Crippen LogP contribution < -0.4 is 5.73 Å². The van der Waals surface area contributed by atoms with E-state index in [-0.39, 0.29) is 6.04 Å². The predicted molar refractivity (Wildman–Crippen MR) is 83.4 cm³/mol. The van der Waals surface area contributed by atoms with Crippen LogP contribution in [-0.4, -0.2) is 4.98 Å². The number of nitrogens with two attached hydrogens (primary N) is 1. The van der Waals surface area contributed by atoms with Gasteiger partial charge in [0.2, 0.25) is 0 Å². The first kappa shape index (κ1) is 12.8. The van der Waals surface area contributed by atoms with E-state index in [4.69, 9.17) is 5.73 Å². The minimum Gasteiger partial charge on any atom is -0.324 e. The van der Waals surface area contributed by atoms with E-state index in [0.717, 1.165) is 23.7 Å². The van der Waals surface area contributed by atoms with Crippen molar-refractivity contribution in [2.75, 3.05) is 0 Å². The van der Waals surface area contributed by atoms with Gasteiger partial charge in [-0.05, 0) is 36.1 Å². The van der Waals surface area contributed by atoms with Crippen molar-refractivity contribution >= 4 is 10.9 Å². The zero-order valence-electron chi connectivity index (χ0n) is 11.4. The molecule has 2 N–H and O–H groups in total. The van der Waals surface area contributed by atoms with E-state index >= 15 is 0 Å². The average Bonchev–Trinajstić information content (AvgIpc) is 2.53. The minimum atomic E-state index is 0.0445. The zero-order chi connectivity index (χ0) is 13.8. The predicted octanol–water partition coefficient (Wildman–Crippen LogP) is 3.87. The Morgan fingerprint density at radius 1 is 0.900 bits per heavy atom. The third kappa shape index (κ3) is 2.70. The van der Waals surface area contributed by atoms with Crippen molar-refractivity contribution in [1.29, 1.82) is 0 Å². The lowest BCUT2D eigenvalue weighted by atomic mass is 9.96. The number of nitrogens with zero attached hydrogens (tertiary/aromatic N) is 1. The Hall–Kier alpha value is -2.19. The molecule has 2 heteroatoms. The summed E-state index contributed by atoms with van der Waals surface area (Å²) in [7, 11) is 0. The highest BCUT2D eigenvalue weighted by Gasteiger charge is 2.10. The third-order valence-electron chi connectivity index (χ3n) is 3.67. The summed E-state index contributed by atoms with van der Waals surface area (Å²) in [5, 5.41) is 1.16. The van der Waals surface area contributed by atoms with Gasteiger partial charge >= 0.3 is 0 Å². The van der Waals surface area contributed by atoms with Crippen molar-refractivity contribution in [3.63, 3.8) is 0 Å². The maximum absolute atomic E-state index is 6.38. The van der Waals surface area contributed by atoms with Crippen LogP contribution in [-0.2, 0) is 6.42 Å². The van der Waals surface area contributed by atoms with Crippen LogP contribution in [0.5, 0.6) is 0 Å². The zero-order valence-corrected chi connectivity index (χ0v) is 11.4. The van der Waals surface area contributed by atoms with Gasteiger partial charge < -0.3 is 5.73 Å². The molecule has 1 aromatic heterocycles. The van der Waals surface area contributed by atoms with Crippen LogP contribution in [0.15, 0.2) is 66.9 Å². The molecule has 3 aromatic rings. The molecule has 0 fully saturated rings. The van der Waals surface area contributed by atoms with Gasteiger partial charge in [-0.25, -0.2) is 0 Å².